The molecule has 0 saturated heterocycles. The standard InChI is InChI=1S/C32H30N4O5/c1-19(2)21-14-8-10-16-24(21)35-30(37)22-15-9-11-17-25(22)36-28(32(39)41-4)27(31(38)40-3)26(23(18-33)29(36)34)20-12-6-5-7-13-20/h5-17,19,26H,34H2,1-4H3,(H,35,37). The third kappa shape index (κ3) is 5.40. The van der Waals surface area contributed by atoms with Gasteiger partial charge in [-0.3, -0.25) is 9.69 Å². The molecule has 9 heteroatoms. The quantitative estimate of drug-likeness (QED) is 0.394. The van der Waals surface area contributed by atoms with Crippen molar-refractivity contribution in [2.75, 3.05) is 24.4 Å². The Morgan fingerprint density at radius 2 is 1.51 bits per heavy atom. The van der Waals surface area contributed by atoms with Crippen LogP contribution in [-0.2, 0) is 19.1 Å². The lowest BCUT2D eigenvalue weighted by atomic mass is 9.80. The van der Waals surface area contributed by atoms with Gasteiger partial charge in [0.15, 0.2) is 0 Å². The van der Waals surface area contributed by atoms with Gasteiger partial charge in [0.1, 0.15) is 11.5 Å². The average molecular weight is 551 g/mol. The van der Waals surface area contributed by atoms with Gasteiger partial charge in [0.05, 0.1) is 48.6 Å². The second-order valence-electron chi connectivity index (χ2n) is 9.55. The molecule has 0 aromatic heterocycles. The zero-order valence-corrected chi connectivity index (χ0v) is 23.2. The summed E-state index contributed by atoms with van der Waals surface area (Å²) in [6.45, 7) is 4.04. The third-order valence-electron chi connectivity index (χ3n) is 6.83. The summed E-state index contributed by atoms with van der Waals surface area (Å²) >= 11 is 0. The number of nitrogens with one attached hydrogen (secondary N) is 1. The van der Waals surface area contributed by atoms with Crippen molar-refractivity contribution in [3.05, 3.63) is 118 Å². The molecular formula is C32H30N4O5. The molecule has 1 amide bonds. The maximum absolute atomic E-state index is 13.7. The Hall–Kier alpha value is -5.36. The lowest BCUT2D eigenvalue weighted by Gasteiger charge is -2.36. The van der Waals surface area contributed by atoms with Gasteiger partial charge in [-0.2, -0.15) is 5.26 Å². The van der Waals surface area contributed by atoms with Crippen molar-refractivity contribution in [1.82, 2.24) is 0 Å². The van der Waals surface area contributed by atoms with E-state index in [2.05, 4.69) is 11.4 Å². The second kappa shape index (κ2) is 12.2. The lowest BCUT2D eigenvalue weighted by Crippen LogP contribution is -2.41. The summed E-state index contributed by atoms with van der Waals surface area (Å²) < 4.78 is 10.2. The average Bonchev–Trinajstić information content (AvgIpc) is 3.00. The predicted octanol–water partition coefficient (Wildman–Crippen LogP) is 4.96. The van der Waals surface area contributed by atoms with Crippen LogP contribution in [0.1, 0.15) is 47.2 Å². The first-order valence-electron chi connectivity index (χ1n) is 12.9. The molecule has 1 aliphatic heterocycles. The molecule has 1 atom stereocenters. The SMILES string of the molecule is COC(=O)C1=C(C(=O)OC)N(c2ccccc2C(=O)Nc2ccccc2C(C)C)C(N)=C(C#N)C1c1ccccc1. The number of anilines is 2. The van der Waals surface area contributed by atoms with Crippen LogP contribution in [0.4, 0.5) is 11.4 Å². The molecule has 0 fully saturated rings. The fourth-order valence-corrected chi connectivity index (χ4v) is 4.93. The number of carbonyl (C=O) groups excluding carboxylic acids is 3. The first-order chi connectivity index (χ1) is 19.7. The molecule has 9 nitrogen and oxygen atoms in total. The molecule has 3 N–H and O–H groups in total. The van der Waals surface area contributed by atoms with E-state index in [0.29, 0.717) is 11.3 Å². The van der Waals surface area contributed by atoms with Crippen LogP contribution in [0.3, 0.4) is 0 Å². The number of methoxy groups -OCH3 is 2. The number of nitriles is 1. The fraction of sp³-hybridized carbons (Fsp3) is 0.188. The summed E-state index contributed by atoms with van der Waals surface area (Å²) in [5.74, 6) is -3.22. The highest BCUT2D eigenvalue weighted by Gasteiger charge is 2.43. The van der Waals surface area contributed by atoms with Gasteiger partial charge in [-0.15, -0.1) is 0 Å². The zero-order valence-electron chi connectivity index (χ0n) is 23.2. The van der Waals surface area contributed by atoms with Crippen LogP contribution in [0.15, 0.2) is 102 Å². The summed E-state index contributed by atoms with van der Waals surface area (Å²) in [5.41, 5.74) is 8.67. The number of nitrogens with two attached hydrogens (primary N) is 1. The first-order valence-corrected chi connectivity index (χ1v) is 12.9. The molecule has 1 aliphatic rings. The molecule has 4 rings (SSSR count). The third-order valence-corrected chi connectivity index (χ3v) is 6.83. The van der Waals surface area contributed by atoms with Crippen LogP contribution in [-0.4, -0.2) is 32.1 Å². The molecule has 208 valence electrons. The fourth-order valence-electron chi connectivity index (χ4n) is 4.93. The predicted molar refractivity (Wildman–Crippen MR) is 154 cm³/mol. The minimum Gasteiger partial charge on any atom is -0.466 e. The van der Waals surface area contributed by atoms with Gasteiger partial charge in [0, 0.05) is 5.69 Å². The van der Waals surface area contributed by atoms with Crippen molar-refractivity contribution in [2.45, 2.75) is 25.7 Å². The van der Waals surface area contributed by atoms with E-state index < -0.39 is 23.8 Å². The smallest absolute Gasteiger partial charge is 0.355 e. The number of ether oxygens (including phenoxy) is 2. The van der Waals surface area contributed by atoms with E-state index in [9.17, 15) is 19.6 Å². The topological polar surface area (TPSA) is 135 Å². The summed E-state index contributed by atoms with van der Waals surface area (Å²) in [4.78, 5) is 41.7. The molecule has 0 saturated carbocycles. The molecule has 0 bridgehead atoms. The van der Waals surface area contributed by atoms with Gasteiger partial charge in [0.25, 0.3) is 5.91 Å². The zero-order chi connectivity index (χ0) is 29.7. The number of hydrogen-bond donors (Lipinski definition) is 2. The van der Waals surface area contributed by atoms with Gasteiger partial charge in [-0.1, -0.05) is 74.5 Å². The number of esters is 2. The molecule has 0 spiro atoms. The summed E-state index contributed by atoms with van der Waals surface area (Å²) in [7, 11) is 2.35. The Kier molecular flexibility index (Phi) is 8.54. The van der Waals surface area contributed by atoms with Crippen molar-refractivity contribution in [1.29, 1.82) is 5.26 Å². The molecule has 3 aromatic carbocycles. The van der Waals surface area contributed by atoms with Crippen LogP contribution in [0.5, 0.6) is 0 Å². The van der Waals surface area contributed by atoms with Crippen molar-refractivity contribution in [3.8, 4) is 6.07 Å². The van der Waals surface area contributed by atoms with Crippen LogP contribution >= 0.6 is 0 Å². The van der Waals surface area contributed by atoms with E-state index in [1.165, 1.54) is 19.1 Å². The number of amides is 1. The van der Waals surface area contributed by atoms with Crippen LogP contribution in [0.2, 0.25) is 0 Å². The van der Waals surface area contributed by atoms with Crippen molar-refractivity contribution in [3.63, 3.8) is 0 Å². The Morgan fingerprint density at radius 1 is 0.902 bits per heavy atom. The van der Waals surface area contributed by atoms with Gasteiger partial charge >= 0.3 is 11.9 Å². The number of carbonyl (C=O) groups is 3. The maximum Gasteiger partial charge on any atom is 0.355 e. The van der Waals surface area contributed by atoms with E-state index in [-0.39, 0.29) is 39.8 Å². The van der Waals surface area contributed by atoms with Crippen molar-refractivity contribution >= 4 is 29.2 Å². The van der Waals surface area contributed by atoms with Crippen LogP contribution in [0.25, 0.3) is 0 Å². The molecule has 1 unspecified atom stereocenters. The summed E-state index contributed by atoms with van der Waals surface area (Å²) in [6.07, 6.45) is 0. The Balaban J connectivity index is 1.97. The first kappa shape index (κ1) is 28.6. The van der Waals surface area contributed by atoms with Gasteiger partial charge in [-0.25, -0.2) is 9.59 Å². The minimum atomic E-state index is -1.02. The number of benzene rings is 3. The lowest BCUT2D eigenvalue weighted by molar-refractivity contribution is -0.139. The maximum atomic E-state index is 13.7. The van der Waals surface area contributed by atoms with Crippen molar-refractivity contribution in [2.24, 2.45) is 5.73 Å². The molecule has 0 radical (unpaired) electrons. The van der Waals surface area contributed by atoms with Gasteiger partial charge in [0.2, 0.25) is 0 Å². The molecule has 1 heterocycles. The largest absolute Gasteiger partial charge is 0.466 e. The second-order valence-corrected chi connectivity index (χ2v) is 9.55. The van der Waals surface area contributed by atoms with E-state index in [4.69, 9.17) is 15.2 Å². The number of nitrogens with zero attached hydrogens (tertiary/aromatic N) is 2. The highest BCUT2D eigenvalue weighted by molar-refractivity contribution is 6.12. The summed E-state index contributed by atoms with van der Waals surface area (Å²) in [5, 5.41) is 13.2. The number of para-hydroxylation sites is 2. The Bertz CT molecular complexity index is 1600. The van der Waals surface area contributed by atoms with Gasteiger partial charge < -0.3 is 20.5 Å². The number of allylic oxidation sites excluding steroid dienone is 1. The minimum absolute atomic E-state index is 0.00428. The van der Waals surface area contributed by atoms with E-state index in [0.717, 1.165) is 5.56 Å². The highest BCUT2D eigenvalue weighted by Crippen LogP contribution is 2.44. The normalized spacial score (nSPS) is 14.9. The molecule has 0 aliphatic carbocycles. The van der Waals surface area contributed by atoms with E-state index in [1.807, 2.05) is 32.0 Å². The summed E-state index contributed by atoms with van der Waals surface area (Å²) in [6, 6.07) is 24.7. The molecule has 3 aromatic rings. The Labute approximate surface area is 238 Å². The Morgan fingerprint density at radius 3 is 2.15 bits per heavy atom. The van der Waals surface area contributed by atoms with Crippen LogP contribution in [0, 0.1) is 11.3 Å². The molecular weight excluding hydrogens is 520 g/mol. The number of rotatable bonds is 7. The van der Waals surface area contributed by atoms with Crippen LogP contribution < -0.4 is 16.0 Å². The van der Waals surface area contributed by atoms with E-state index in [1.54, 1.807) is 60.7 Å². The number of hydrogen-bond acceptors (Lipinski definition) is 8. The van der Waals surface area contributed by atoms with Crippen molar-refractivity contribution < 1.29 is 23.9 Å². The van der Waals surface area contributed by atoms with Gasteiger partial charge in [-0.05, 0) is 35.2 Å². The van der Waals surface area contributed by atoms with E-state index >= 15 is 0 Å². The highest BCUT2D eigenvalue weighted by atomic mass is 16.5. The monoisotopic (exact) mass is 550 g/mol. The molecule has 41 heavy (non-hydrogen) atoms.